The van der Waals surface area contributed by atoms with Gasteiger partial charge in [0.25, 0.3) is 10.0 Å². The lowest BCUT2D eigenvalue weighted by Crippen LogP contribution is -2.34. The van der Waals surface area contributed by atoms with E-state index in [0.29, 0.717) is 0 Å². The van der Waals surface area contributed by atoms with Gasteiger partial charge < -0.3 is 5.73 Å². The quantitative estimate of drug-likeness (QED) is 0.502. The molecule has 0 atom stereocenters. The third kappa shape index (κ3) is 9.48. The zero-order valence-corrected chi connectivity index (χ0v) is 16.1. The van der Waals surface area contributed by atoms with Crippen LogP contribution in [0.3, 0.4) is 0 Å². The van der Waals surface area contributed by atoms with Gasteiger partial charge in [0.05, 0.1) is 4.90 Å². The summed E-state index contributed by atoms with van der Waals surface area (Å²) in [6.45, 7) is 2.24. The summed E-state index contributed by atoms with van der Waals surface area (Å²) in [5.74, 6) is 0. The van der Waals surface area contributed by atoms with E-state index in [0.717, 1.165) is 18.4 Å². The Balaban J connectivity index is 2.19. The van der Waals surface area contributed by atoms with E-state index in [9.17, 15) is 13.2 Å². The highest BCUT2D eigenvalue weighted by atomic mass is 32.2. The number of hydrogen-bond acceptors (Lipinski definition) is 3. The first-order valence-electron chi connectivity index (χ1n) is 9.37. The first kappa shape index (κ1) is 21.5. The number of carbonyl (C=O) groups excluding carboxylic acids is 1. The highest BCUT2D eigenvalue weighted by molar-refractivity contribution is 7.90. The van der Waals surface area contributed by atoms with Crippen molar-refractivity contribution in [3.63, 3.8) is 0 Å². The van der Waals surface area contributed by atoms with Crippen molar-refractivity contribution in [1.82, 2.24) is 4.72 Å². The Hall–Kier alpha value is -1.56. The van der Waals surface area contributed by atoms with Crippen molar-refractivity contribution in [2.45, 2.75) is 82.4 Å². The Kier molecular flexibility index (Phi) is 10.2. The van der Waals surface area contributed by atoms with Gasteiger partial charge in [0, 0.05) is 0 Å². The monoisotopic (exact) mass is 368 g/mol. The summed E-state index contributed by atoms with van der Waals surface area (Å²) >= 11 is 0. The van der Waals surface area contributed by atoms with E-state index in [1.165, 1.54) is 69.9 Å². The van der Waals surface area contributed by atoms with E-state index < -0.39 is 16.1 Å². The fourth-order valence-corrected chi connectivity index (χ4v) is 3.72. The van der Waals surface area contributed by atoms with Gasteiger partial charge in [-0.3, -0.25) is 0 Å². The van der Waals surface area contributed by atoms with E-state index in [-0.39, 0.29) is 4.90 Å². The van der Waals surface area contributed by atoms with Gasteiger partial charge in [0.2, 0.25) is 0 Å². The first-order chi connectivity index (χ1) is 12.0. The molecule has 1 aromatic rings. The van der Waals surface area contributed by atoms with Crippen LogP contribution in [0.2, 0.25) is 0 Å². The molecule has 0 aromatic heterocycles. The number of aryl methyl sites for hydroxylation is 1. The number of nitrogens with one attached hydrogen (secondary N) is 1. The normalized spacial score (nSPS) is 11.4. The number of rotatable bonds is 13. The van der Waals surface area contributed by atoms with Gasteiger partial charge in [0.15, 0.2) is 0 Å². The number of unbranched alkanes of at least 4 members (excludes halogenated alkanes) is 9. The average Bonchev–Trinajstić information content (AvgIpc) is 2.56. The van der Waals surface area contributed by atoms with Crippen molar-refractivity contribution in [2.24, 2.45) is 5.73 Å². The van der Waals surface area contributed by atoms with Crippen LogP contribution in [0, 0.1) is 0 Å². The third-order valence-electron chi connectivity index (χ3n) is 4.29. The number of sulfonamides is 1. The molecule has 25 heavy (non-hydrogen) atoms. The molecule has 142 valence electrons. The minimum atomic E-state index is -3.84. The summed E-state index contributed by atoms with van der Waals surface area (Å²) < 4.78 is 25.3. The molecule has 0 heterocycles. The Morgan fingerprint density at radius 1 is 0.880 bits per heavy atom. The molecule has 5 nitrogen and oxygen atoms in total. The van der Waals surface area contributed by atoms with Gasteiger partial charge in [-0.25, -0.2) is 17.9 Å². The lowest BCUT2D eigenvalue weighted by Gasteiger charge is -2.06. The van der Waals surface area contributed by atoms with Gasteiger partial charge >= 0.3 is 6.03 Å². The topological polar surface area (TPSA) is 89.3 Å². The van der Waals surface area contributed by atoms with Gasteiger partial charge in [0.1, 0.15) is 0 Å². The van der Waals surface area contributed by atoms with Gasteiger partial charge in [-0.15, -0.1) is 0 Å². The maximum Gasteiger partial charge on any atom is 0.326 e. The highest BCUT2D eigenvalue weighted by Gasteiger charge is 2.15. The number of urea groups is 1. The van der Waals surface area contributed by atoms with Crippen LogP contribution in [0.1, 0.15) is 76.7 Å². The molecule has 2 amide bonds. The van der Waals surface area contributed by atoms with Crippen molar-refractivity contribution in [3.8, 4) is 0 Å². The van der Waals surface area contributed by atoms with E-state index in [1.807, 2.05) is 0 Å². The molecular weight excluding hydrogens is 336 g/mol. The molecule has 0 aliphatic rings. The van der Waals surface area contributed by atoms with Crippen LogP contribution in [0.15, 0.2) is 29.2 Å². The second-order valence-electron chi connectivity index (χ2n) is 6.55. The summed E-state index contributed by atoms with van der Waals surface area (Å²) in [5.41, 5.74) is 5.97. The molecule has 0 unspecified atom stereocenters. The van der Waals surface area contributed by atoms with Crippen molar-refractivity contribution in [1.29, 1.82) is 0 Å². The number of primary amides is 1. The highest BCUT2D eigenvalue weighted by Crippen LogP contribution is 2.14. The van der Waals surface area contributed by atoms with Crippen LogP contribution >= 0.6 is 0 Å². The van der Waals surface area contributed by atoms with Crippen LogP contribution in [0.25, 0.3) is 0 Å². The largest absolute Gasteiger partial charge is 0.351 e. The van der Waals surface area contributed by atoms with Crippen LogP contribution < -0.4 is 10.5 Å². The lowest BCUT2D eigenvalue weighted by atomic mass is 10.0. The Morgan fingerprint density at radius 2 is 1.36 bits per heavy atom. The van der Waals surface area contributed by atoms with Gasteiger partial charge in [-0.2, -0.15) is 0 Å². The van der Waals surface area contributed by atoms with E-state index >= 15 is 0 Å². The second kappa shape index (κ2) is 11.9. The summed E-state index contributed by atoms with van der Waals surface area (Å²) in [7, 11) is -3.84. The number of benzene rings is 1. The molecule has 1 rings (SSSR count). The zero-order valence-electron chi connectivity index (χ0n) is 15.3. The van der Waals surface area contributed by atoms with Crippen LogP contribution in [0.5, 0.6) is 0 Å². The predicted molar refractivity (Wildman–Crippen MR) is 102 cm³/mol. The molecule has 0 aliphatic carbocycles. The molecule has 3 N–H and O–H groups in total. The standard InChI is InChI=1S/C19H32N2O3S/c1-2-3-4-5-6-7-8-9-10-11-12-17-13-15-18(16-14-17)25(23,24)21-19(20)22/h13-16H,2-12H2,1H3,(H3,20,21,22). The first-order valence-corrected chi connectivity index (χ1v) is 10.8. The Morgan fingerprint density at radius 3 is 1.84 bits per heavy atom. The molecule has 0 bridgehead atoms. The number of carbonyl (C=O) groups is 1. The van der Waals surface area contributed by atoms with Crippen molar-refractivity contribution in [3.05, 3.63) is 29.8 Å². The Bertz CT molecular complexity index is 598. The fourth-order valence-electron chi connectivity index (χ4n) is 2.84. The van der Waals surface area contributed by atoms with E-state index in [2.05, 4.69) is 6.92 Å². The summed E-state index contributed by atoms with van der Waals surface area (Å²) in [4.78, 5) is 10.8. The third-order valence-corrected chi connectivity index (χ3v) is 5.65. The molecule has 0 saturated carbocycles. The van der Waals surface area contributed by atoms with Crippen LogP contribution in [-0.4, -0.2) is 14.4 Å². The number of hydrogen-bond donors (Lipinski definition) is 2. The smallest absolute Gasteiger partial charge is 0.326 e. The average molecular weight is 369 g/mol. The molecule has 6 heteroatoms. The summed E-state index contributed by atoms with van der Waals surface area (Å²) in [6.07, 6.45) is 13.9. The minimum Gasteiger partial charge on any atom is -0.351 e. The molecule has 0 radical (unpaired) electrons. The molecule has 0 saturated heterocycles. The number of nitrogens with two attached hydrogens (primary N) is 1. The van der Waals surface area contributed by atoms with Crippen LogP contribution in [-0.2, 0) is 16.4 Å². The van der Waals surface area contributed by atoms with Gasteiger partial charge in [-0.1, -0.05) is 76.8 Å². The van der Waals surface area contributed by atoms with E-state index in [1.54, 1.807) is 16.9 Å². The Labute approximate surface area is 152 Å². The lowest BCUT2D eigenvalue weighted by molar-refractivity contribution is 0.253. The molecule has 0 spiro atoms. The zero-order chi connectivity index (χ0) is 18.5. The summed E-state index contributed by atoms with van der Waals surface area (Å²) in [5, 5.41) is 0. The maximum absolute atomic E-state index is 11.8. The van der Waals surface area contributed by atoms with Crippen LogP contribution in [0.4, 0.5) is 4.79 Å². The number of amides is 2. The summed E-state index contributed by atoms with van der Waals surface area (Å²) in [6, 6.07) is 5.54. The molecule has 1 aromatic carbocycles. The molecular formula is C19H32N2O3S. The van der Waals surface area contributed by atoms with Crippen molar-refractivity contribution in [2.75, 3.05) is 0 Å². The predicted octanol–water partition coefficient (Wildman–Crippen LogP) is 4.51. The minimum absolute atomic E-state index is 0.0538. The van der Waals surface area contributed by atoms with E-state index in [4.69, 9.17) is 5.73 Å². The van der Waals surface area contributed by atoms with Crippen molar-refractivity contribution < 1.29 is 13.2 Å². The second-order valence-corrected chi connectivity index (χ2v) is 8.23. The maximum atomic E-state index is 11.8. The van der Waals surface area contributed by atoms with Gasteiger partial charge in [-0.05, 0) is 30.5 Å². The molecule has 0 aliphatic heterocycles. The SMILES string of the molecule is CCCCCCCCCCCCc1ccc(S(=O)(=O)NC(N)=O)cc1. The fraction of sp³-hybridized carbons (Fsp3) is 0.632. The van der Waals surface area contributed by atoms with Crippen molar-refractivity contribution >= 4 is 16.1 Å². The molecule has 0 fully saturated rings.